The number of nitrogens with zero attached hydrogens (tertiary/aromatic N) is 2. The number of thioether (sulfide) groups is 1. The van der Waals surface area contributed by atoms with Crippen molar-refractivity contribution in [3.63, 3.8) is 0 Å². The fraction of sp³-hybridized carbons (Fsp3) is 0.400. The summed E-state index contributed by atoms with van der Waals surface area (Å²) in [6, 6.07) is 7.36. The van der Waals surface area contributed by atoms with Crippen LogP contribution < -0.4 is 14.8 Å². The second-order valence-corrected chi connectivity index (χ2v) is 7.47. The van der Waals surface area contributed by atoms with Crippen LogP contribution in [-0.4, -0.2) is 41.1 Å². The Balaban J connectivity index is 1.37. The summed E-state index contributed by atoms with van der Waals surface area (Å²) < 4.78 is 12.2. The Kier molecular flexibility index (Phi) is 5.35. The zero-order valence-corrected chi connectivity index (χ0v) is 14.3. The predicted octanol–water partition coefficient (Wildman–Crippen LogP) is 2.28. The minimum absolute atomic E-state index is 0.142. The molecule has 1 N–H and O–H groups in total. The van der Waals surface area contributed by atoms with Gasteiger partial charge in [-0.15, -0.1) is 10.2 Å². The molecule has 0 radical (unpaired) electrons. The van der Waals surface area contributed by atoms with Gasteiger partial charge in [-0.05, 0) is 25.5 Å². The fourth-order valence-corrected chi connectivity index (χ4v) is 3.87. The van der Waals surface area contributed by atoms with Crippen LogP contribution in [-0.2, 0) is 4.79 Å². The van der Waals surface area contributed by atoms with Crippen LogP contribution in [0.3, 0.4) is 0 Å². The number of benzene rings is 1. The van der Waals surface area contributed by atoms with Crippen molar-refractivity contribution in [1.29, 1.82) is 0 Å². The third kappa shape index (κ3) is 4.35. The van der Waals surface area contributed by atoms with Crippen molar-refractivity contribution in [2.45, 2.75) is 23.8 Å². The molecule has 1 amide bonds. The highest BCUT2D eigenvalue weighted by molar-refractivity contribution is 8.01. The topological polar surface area (TPSA) is 73.3 Å². The summed E-state index contributed by atoms with van der Waals surface area (Å²) in [5.74, 6) is 2.04. The van der Waals surface area contributed by atoms with Gasteiger partial charge >= 0.3 is 0 Å². The number of aromatic nitrogens is 2. The molecular formula is C15H17N3O3S2. The molecule has 1 atom stereocenters. The molecule has 1 aliphatic rings. The Morgan fingerprint density at radius 1 is 1.39 bits per heavy atom. The van der Waals surface area contributed by atoms with Gasteiger partial charge in [-0.1, -0.05) is 35.2 Å². The molecule has 1 aromatic carbocycles. The van der Waals surface area contributed by atoms with Gasteiger partial charge in [0.15, 0.2) is 15.8 Å². The van der Waals surface area contributed by atoms with E-state index in [9.17, 15) is 4.79 Å². The highest BCUT2D eigenvalue weighted by Gasteiger charge is 2.26. The average molecular weight is 351 g/mol. The van der Waals surface area contributed by atoms with Crippen molar-refractivity contribution in [2.24, 2.45) is 0 Å². The molecule has 0 bridgehead atoms. The number of rotatable bonds is 6. The molecule has 23 heavy (non-hydrogen) atoms. The average Bonchev–Trinajstić information content (AvgIpc) is 2.99. The van der Waals surface area contributed by atoms with Gasteiger partial charge in [0.05, 0.1) is 0 Å². The summed E-state index contributed by atoms with van der Waals surface area (Å²) in [5, 5.41) is 11.9. The molecule has 0 fully saturated rings. The van der Waals surface area contributed by atoms with Gasteiger partial charge in [-0.2, -0.15) is 0 Å². The van der Waals surface area contributed by atoms with Crippen LogP contribution in [0.15, 0.2) is 28.6 Å². The summed E-state index contributed by atoms with van der Waals surface area (Å²) in [6.07, 6.45) is 0.266. The lowest BCUT2D eigenvalue weighted by Crippen LogP contribution is -2.44. The summed E-state index contributed by atoms with van der Waals surface area (Å²) in [7, 11) is 0. The van der Waals surface area contributed by atoms with Crippen molar-refractivity contribution >= 4 is 29.0 Å². The third-order valence-corrected chi connectivity index (χ3v) is 5.21. The molecular weight excluding hydrogens is 334 g/mol. The lowest BCUT2D eigenvalue weighted by atomic mass is 10.2. The van der Waals surface area contributed by atoms with Gasteiger partial charge in [0, 0.05) is 12.3 Å². The minimum Gasteiger partial charge on any atom is -0.485 e. The number of hydrogen-bond acceptors (Lipinski definition) is 7. The molecule has 0 spiro atoms. The first kappa shape index (κ1) is 16.1. The van der Waals surface area contributed by atoms with Gasteiger partial charge < -0.3 is 14.8 Å². The highest BCUT2D eigenvalue weighted by Crippen LogP contribution is 2.30. The summed E-state index contributed by atoms with van der Waals surface area (Å²) in [6.45, 7) is 2.78. The zero-order chi connectivity index (χ0) is 16.1. The quantitative estimate of drug-likeness (QED) is 0.636. The zero-order valence-electron chi connectivity index (χ0n) is 12.7. The number of ether oxygens (including phenoxy) is 2. The van der Waals surface area contributed by atoms with Gasteiger partial charge in [0.1, 0.15) is 11.6 Å². The maximum atomic E-state index is 12.1. The number of para-hydroxylation sites is 2. The molecule has 1 aliphatic heterocycles. The van der Waals surface area contributed by atoms with E-state index in [2.05, 4.69) is 15.5 Å². The number of carbonyl (C=O) groups is 1. The second-order valence-electron chi connectivity index (χ2n) is 4.94. The van der Waals surface area contributed by atoms with Gasteiger partial charge in [0.2, 0.25) is 6.10 Å². The van der Waals surface area contributed by atoms with Crippen LogP contribution in [0, 0.1) is 6.92 Å². The molecule has 8 heteroatoms. The molecule has 2 heterocycles. The van der Waals surface area contributed by atoms with Gasteiger partial charge in [-0.3, -0.25) is 4.79 Å². The number of nitrogens with one attached hydrogen (secondary N) is 1. The molecule has 122 valence electrons. The first-order valence-corrected chi connectivity index (χ1v) is 9.11. The van der Waals surface area contributed by atoms with Gasteiger partial charge in [-0.25, -0.2) is 0 Å². The molecule has 1 aromatic heterocycles. The Hall–Kier alpha value is -1.80. The highest BCUT2D eigenvalue weighted by atomic mass is 32.2. The van der Waals surface area contributed by atoms with E-state index in [0.29, 0.717) is 18.0 Å². The summed E-state index contributed by atoms with van der Waals surface area (Å²) >= 11 is 3.24. The number of fused-ring (bicyclic) bond motifs is 1. The van der Waals surface area contributed by atoms with E-state index in [0.717, 1.165) is 21.5 Å². The predicted molar refractivity (Wildman–Crippen MR) is 89.3 cm³/mol. The molecule has 0 saturated carbocycles. The SMILES string of the molecule is Cc1nnc(SCCCNC(=O)[C@H]2COc3ccccc3O2)s1. The van der Waals surface area contributed by atoms with E-state index in [1.807, 2.05) is 25.1 Å². The van der Waals surface area contributed by atoms with Crippen LogP contribution >= 0.6 is 23.1 Å². The van der Waals surface area contributed by atoms with Crippen molar-refractivity contribution < 1.29 is 14.3 Å². The molecule has 0 aliphatic carbocycles. The standard InChI is InChI=1S/C15H17N3O3S2/c1-10-17-18-15(23-10)22-8-4-7-16-14(19)13-9-20-11-5-2-3-6-12(11)21-13/h2-3,5-6,13H,4,7-9H2,1H3,(H,16,19)/t13-/m1/s1. The van der Waals surface area contributed by atoms with Crippen molar-refractivity contribution in [2.75, 3.05) is 18.9 Å². The monoisotopic (exact) mass is 351 g/mol. The van der Waals surface area contributed by atoms with Crippen molar-refractivity contribution in [3.8, 4) is 11.5 Å². The smallest absolute Gasteiger partial charge is 0.264 e. The van der Waals surface area contributed by atoms with Crippen LogP contribution in [0.5, 0.6) is 11.5 Å². The molecule has 0 saturated heterocycles. The Morgan fingerprint density at radius 2 is 2.22 bits per heavy atom. The Bertz CT molecular complexity index is 677. The number of hydrogen-bond donors (Lipinski definition) is 1. The van der Waals surface area contributed by atoms with E-state index >= 15 is 0 Å². The summed E-state index contributed by atoms with van der Waals surface area (Å²) in [5.41, 5.74) is 0. The normalized spacial score (nSPS) is 16.1. The molecule has 0 unspecified atom stereocenters. The number of amides is 1. The van der Waals surface area contributed by atoms with E-state index in [-0.39, 0.29) is 12.5 Å². The molecule has 6 nitrogen and oxygen atoms in total. The van der Waals surface area contributed by atoms with Crippen LogP contribution in [0.4, 0.5) is 0 Å². The van der Waals surface area contributed by atoms with Gasteiger partial charge in [0.25, 0.3) is 5.91 Å². The first-order valence-electron chi connectivity index (χ1n) is 7.31. The van der Waals surface area contributed by atoms with E-state index in [4.69, 9.17) is 9.47 Å². The Morgan fingerprint density at radius 3 is 3.00 bits per heavy atom. The van der Waals surface area contributed by atoms with E-state index in [1.54, 1.807) is 29.2 Å². The molecule has 2 aromatic rings. The fourth-order valence-electron chi connectivity index (χ4n) is 2.04. The maximum absolute atomic E-state index is 12.1. The van der Waals surface area contributed by atoms with E-state index in [1.165, 1.54) is 0 Å². The van der Waals surface area contributed by atoms with Crippen LogP contribution in [0.25, 0.3) is 0 Å². The maximum Gasteiger partial charge on any atom is 0.264 e. The largest absolute Gasteiger partial charge is 0.485 e. The van der Waals surface area contributed by atoms with Crippen molar-refractivity contribution in [1.82, 2.24) is 15.5 Å². The first-order chi connectivity index (χ1) is 11.2. The third-order valence-electron chi connectivity index (χ3n) is 3.15. The molecule has 3 rings (SSSR count). The van der Waals surface area contributed by atoms with Crippen LogP contribution in [0.2, 0.25) is 0 Å². The van der Waals surface area contributed by atoms with Crippen molar-refractivity contribution in [3.05, 3.63) is 29.3 Å². The number of carbonyl (C=O) groups excluding carboxylic acids is 1. The lowest BCUT2D eigenvalue weighted by Gasteiger charge is -2.25. The number of aryl methyl sites for hydroxylation is 1. The van der Waals surface area contributed by atoms with E-state index < -0.39 is 6.10 Å². The minimum atomic E-state index is -0.594. The Labute approximate surface area is 142 Å². The summed E-state index contributed by atoms with van der Waals surface area (Å²) in [4.78, 5) is 12.1. The second kappa shape index (κ2) is 7.65. The lowest BCUT2D eigenvalue weighted by molar-refractivity contribution is -0.130. The van der Waals surface area contributed by atoms with Crippen LogP contribution in [0.1, 0.15) is 11.4 Å².